The van der Waals surface area contributed by atoms with Crippen LogP contribution in [-0.2, 0) is 6.54 Å². The van der Waals surface area contributed by atoms with Crippen LogP contribution in [0.25, 0.3) is 0 Å². The zero-order valence-electron chi connectivity index (χ0n) is 10.8. The standard InChI is InChI=1S/C14H18N4O/c1-10(17-9-11-6-7-16-8-11)12-2-4-13(5-3-12)18-14(15)19/h2-8,10,16-17H,9H2,1H3,(H3,15,18,19). The number of primary amides is 1. The lowest BCUT2D eigenvalue weighted by atomic mass is 10.1. The number of H-pyrrole nitrogens is 1. The molecule has 0 bridgehead atoms. The summed E-state index contributed by atoms with van der Waals surface area (Å²) < 4.78 is 0. The van der Waals surface area contributed by atoms with Crippen LogP contribution in [0.1, 0.15) is 24.1 Å². The lowest BCUT2D eigenvalue weighted by Gasteiger charge is -2.14. The van der Waals surface area contributed by atoms with Crippen molar-refractivity contribution < 1.29 is 4.79 Å². The third-order valence-corrected chi connectivity index (χ3v) is 2.95. The van der Waals surface area contributed by atoms with Gasteiger partial charge in [-0.1, -0.05) is 12.1 Å². The van der Waals surface area contributed by atoms with Gasteiger partial charge in [0.15, 0.2) is 0 Å². The molecule has 5 nitrogen and oxygen atoms in total. The molecule has 0 aliphatic rings. The van der Waals surface area contributed by atoms with Gasteiger partial charge in [-0.25, -0.2) is 4.79 Å². The molecule has 0 aliphatic heterocycles. The minimum absolute atomic E-state index is 0.234. The molecule has 0 aliphatic carbocycles. The topological polar surface area (TPSA) is 82.9 Å². The lowest BCUT2D eigenvalue weighted by Crippen LogP contribution is -2.20. The Kier molecular flexibility index (Phi) is 4.20. The number of nitrogens with two attached hydrogens (primary N) is 1. The Balaban J connectivity index is 1.91. The number of rotatable bonds is 5. The molecule has 0 saturated carbocycles. The molecule has 1 aromatic heterocycles. The van der Waals surface area contributed by atoms with E-state index in [4.69, 9.17) is 5.73 Å². The van der Waals surface area contributed by atoms with Gasteiger partial charge in [0.1, 0.15) is 0 Å². The minimum Gasteiger partial charge on any atom is -0.367 e. The first kappa shape index (κ1) is 13.2. The van der Waals surface area contributed by atoms with Crippen molar-refractivity contribution in [2.45, 2.75) is 19.5 Å². The van der Waals surface area contributed by atoms with Crippen LogP contribution in [0.4, 0.5) is 10.5 Å². The quantitative estimate of drug-likeness (QED) is 0.664. The van der Waals surface area contributed by atoms with E-state index in [1.807, 2.05) is 42.7 Å². The Hall–Kier alpha value is -2.27. The van der Waals surface area contributed by atoms with Gasteiger partial charge in [-0.3, -0.25) is 0 Å². The van der Waals surface area contributed by atoms with E-state index in [0.29, 0.717) is 5.69 Å². The van der Waals surface area contributed by atoms with E-state index in [1.165, 1.54) is 5.56 Å². The van der Waals surface area contributed by atoms with E-state index in [0.717, 1.165) is 12.1 Å². The molecule has 5 heteroatoms. The third kappa shape index (κ3) is 3.86. The second kappa shape index (κ2) is 6.06. The number of nitrogens with one attached hydrogen (secondary N) is 3. The van der Waals surface area contributed by atoms with Gasteiger partial charge >= 0.3 is 6.03 Å². The van der Waals surface area contributed by atoms with E-state index >= 15 is 0 Å². The molecule has 1 unspecified atom stereocenters. The summed E-state index contributed by atoms with van der Waals surface area (Å²) in [6.45, 7) is 2.91. The van der Waals surface area contributed by atoms with Crippen LogP contribution in [0.3, 0.4) is 0 Å². The predicted octanol–water partition coefficient (Wildman–Crippen LogP) is 2.36. The molecule has 2 amide bonds. The maximum atomic E-state index is 10.7. The van der Waals surface area contributed by atoms with Crippen molar-refractivity contribution in [3.05, 3.63) is 53.9 Å². The highest BCUT2D eigenvalue weighted by atomic mass is 16.2. The number of hydrogen-bond donors (Lipinski definition) is 4. The van der Waals surface area contributed by atoms with Crippen LogP contribution >= 0.6 is 0 Å². The molecule has 19 heavy (non-hydrogen) atoms. The van der Waals surface area contributed by atoms with Gasteiger partial charge < -0.3 is 21.4 Å². The average molecular weight is 258 g/mol. The Morgan fingerprint density at radius 3 is 2.63 bits per heavy atom. The number of benzene rings is 1. The molecule has 5 N–H and O–H groups in total. The molecule has 0 spiro atoms. The second-order valence-corrected chi connectivity index (χ2v) is 4.43. The molecule has 2 aromatic rings. The fourth-order valence-electron chi connectivity index (χ4n) is 1.85. The first-order valence-electron chi connectivity index (χ1n) is 6.16. The fourth-order valence-corrected chi connectivity index (χ4v) is 1.85. The monoisotopic (exact) mass is 258 g/mol. The number of carbonyl (C=O) groups excluding carboxylic acids is 1. The number of carbonyl (C=O) groups is 1. The normalized spacial score (nSPS) is 12.1. The minimum atomic E-state index is -0.550. The van der Waals surface area contributed by atoms with Gasteiger partial charge in [0.2, 0.25) is 0 Å². The van der Waals surface area contributed by atoms with Gasteiger partial charge in [0.25, 0.3) is 0 Å². The van der Waals surface area contributed by atoms with E-state index in [2.05, 4.69) is 22.5 Å². The molecule has 1 aromatic carbocycles. The summed E-state index contributed by atoms with van der Waals surface area (Å²) in [5, 5.41) is 5.97. The maximum absolute atomic E-state index is 10.7. The van der Waals surface area contributed by atoms with E-state index in [1.54, 1.807) is 0 Å². The number of amides is 2. The highest BCUT2D eigenvalue weighted by Gasteiger charge is 2.05. The number of aromatic amines is 1. The number of hydrogen-bond acceptors (Lipinski definition) is 2. The Bertz CT molecular complexity index is 519. The zero-order chi connectivity index (χ0) is 13.7. The van der Waals surface area contributed by atoms with Crippen LogP contribution in [0.2, 0.25) is 0 Å². The van der Waals surface area contributed by atoms with Crippen molar-refractivity contribution in [3.8, 4) is 0 Å². The highest BCUT2D eigenvalue weighted by molar-refractivity contribution is 5.87. The molecule has 1 atom stereocenters. The van der Waals surface area contributed by atoms with E-state index < -0.39 is 6.03 Å². The summed E-state index contributed by atoms with van der Waals surface area (Å²) in [6.07, 6.45) is 3.88. The summed E-state index contributed by atoms with van der Waals surface area (Å²) in [5.41, 5.74) is 8.14. The first-order chi connectivity index (χ1) is 9.15. The molecule has 0 fully saturated rings. The van der Waals surface area contributed by atoms with Crippen LogP contribution in [-0.4, -0.2) is 11.0 Å². The summed E-state index contributed by atoms with van der Waals surface area (Å²) in [4.78, 5) is 13.7. The SMILES string of the molecule is CC(NCc1cc[nH]c1)c1ccc(NC(N)=O)cc1. The molecular weight excluding hydrogens is 240 g/mol. The molecule has 100 valence electrons. The van der Waals surface area contributed by atoms with Gasteiger partial charge in [-0.05, 0) is 36.2 Å². The summed E-state index contributed by atoms with van der Waals surface area (Å²) in [7, 11) is 0. The Morgan fingerprint density at radius 2 is 2.05 bits per heavy atom. The smallest absolute Gasteiger partial charge is 0.316 e. The summed E-state index contributed by atoms with van der Waals surface area (Å²) >= 11 is 0. The number of aromatic nitrogens is 1. The van der Waals surface area contributed by atoms with E-state index in [9.17, 15) is 4.79 Å². The van der Waals surface area contributed by atoms with E-state index in [-0.39, 0.29) is 6.04 Å². The fraction of sp³-hybridized carbons (Fsp3) is 0.214. The average Bonchev–Trinajstić information content (AvgIpc) is 2.89. The second-order valence-electron chi connectivity index (χ2n) is 4.43. The lowest BCUT2D eigenvalue weighted by molar-refractivity contribution is 0.259. The van der Waals surface area contributed by atoms with Crippen molar-refractivity contribution in [2.75, 3.05) is 5.32 Å². The zero-order valence-corrected chi connectivity index (χ0v) is 10.8. The van der Waals surface area contributed by atoms with Gasteiger partial charge in [-0.15, -0.1) is 0 Å². The molecule has 0 radical (unpaired) electrons. The molecule has 1 heterocycles. The molecule has 0 saturated heterocycles. The number of anilines is 1. The van der Waals surface area contributed by atoms with Crippen molar-refractivity contribution >= 4 is 11.7 Å². The third-order valence-electron chi connectivity index (χ3n) is 2.95. The van der Waals surface area contributed by atoms with Crippen LogP contribution in [0, 0.1) is 0 Å². The van der Waals surface area contributed by atoms with Crippen molar-refractivity contribution in [1.29, 1.82) is 0 Å². The largest absolute Gasteiger partial charge is 0.367 e. The van der Waals surface area contributed by atoms with Gasteiger partial charge in [0.05, 0.1) is 0 Å². The molecular formula is C14H18N4O. The van der Waals surface area contributed by atoms with Gasteiger partial charge in [-0.2, -0.15) is 0 Å². The van der Waals surface area contributed by atoms with Crippen LogP contribution in [0.15, 0.2) is 42.7 Å². The highest BCUT2D eigenvalue weighted by Crippen LogP contribution is 2.16. The van der Waals surface area contributed by atoms with Crippen LogP contribution < -0.4 is 16.4 Å². The maximum Gasteiger partial charge on any atom is 0.316 e. The number of urea groups is 1. The first-order valence-corrected chi connectivity index (χ1v) is 6.16. The Morgan fingerprint density at radius 1 is 1.32 bits per heavy atom. The summed E-state index contributed by atoms with van der Waals surface area (Å²) in [6, 6.07) is 9.35. The predicted molar refractivity (Wildman–Crippen MR) is 75.7 cm³/mol. The Labute approximate surface area is 112 Å². The van der Waals surface area contributed by atoms with Crippen LogP contribution in [0.5, 0.6) is 0 Å². The van der Waals surface area contributed by atoms with Gasteiger partial charge in [0, 0.05) is 30.7 Å². The van der Waals surface area contributed by atoms with Crippen molar-refractivity contribution in [3.63, 3.8) is 0 Å². The van der Waals surface area contributed by atoms with Crippen molar-refractivity contribution in [1.82, 2.24) is 10.3 Å². The summed E-state index contributed by atoms with van der Waals surface area (Å²) in [5.74, 6) is 0. The van der Waals surface area contributed by atoms with Crippen molar-refractivity contribution in [2.24, 2.45) is 5.73 Å². The molecule has 2 rings (SSSR count).